The van der Waals surface area contributed by atoms with Crippen molar-refractivity contribution in [2.75, 3.05) is 0 Å². The first kappa shape index (κ1) is 13.4. The fourth-order valence-electron chi connectivity index (χ4n) is 1.78. The monoisotopic (exact) mass is 260 g/mol. The third-order valence-electron chi connectivity index (χ3n) is 3.01. The minimum atomic E-state index is -3.50. The Morgan fingerprint density at radius 2 is 1.26 bits per heavy atom. The molecule has 19 heavy (non-hydrogen) atoms. The topological polar surface area (TPSA) is 17.1 Å². The Labute approximate surface area is 110 Å². The van der Waals surface area contributed by atoms with E-state index in [-0.39, 0.29) is 11.1 Å². The fourth-order valence-corrected chi connectivity index (χ4v) is 1.78. The largest absolute Gasteiger partial charge is 0.334 e. The highest BCUT2D eigenvalue weighted by molar-refractivity contribution is 6.01. The number of Topliss-reactive ketones (excluding diaryl/α,β-unsaturated/α-hetero) is 1. The Morgan fingerprint density at radius 3 is 1.74 bits per heavy atom. The summed E-state index contributed by atoms with van der Waals surface area (Å²) in [6.07, 6.45) is 0. The van der Waals surface area contributed by atoms with E-state index in [0.717, 1.165) is 11.1 Å². The third-order valence-corrected chi connectivity index (χ3v) is 3.01. The second-order valence-electron chi connectivity index (χ2n) is 4.64. The number of rotatable bonds is 3. The van der Waals surface area contributed by atoms with Crippen LogP contribution in [0.1, 0.15) is 27.0 Å². The summed E-state index contributed by atoms with van der Waals surface area (Å²) >= 11 is 0. The van der Waals surface area contributed by atoms with Gasteiger partial charge in [0.25, 0.3) is 0 Å². The molecule has 0 saturated heterocycles. The predicted octanol–water partition coefficient (Wildman–Crippen LogP) is 4.28. The van der Waals surface area contributed by atoms with Crippen LogP contribution in [0.3, 0.4) is 0 Å². The van der Waals surface area contributed by atoms with Crippen LogP contribution in [0.5, 0.6) is 0 Å². The zero-order chi connectivity index (χ0) is 14.0. The van der Waals surface area contributed by atoms with Crippen molar-refractivity contribution in [1.29, 1.82) is 0 Å². The van der Waals surface area contributed by atoms with Crippen LogP contribution in [0.2, 0.25) is 0 Å². The third kappa shape index (κ3) is 2.70. The molecule has 0 atom stereocenters. The molecule has 0 N–H and O–H groups in total. The van der Waals surface area contributed by atoms with Gasteiger partial charge in [-0.05, 0) is 13.8 Å². The molecule has 0 aliphatic heterocycles. The quantitative estimate of drug-likeness (QED) is 0.753. The maximum Gasteiger partial charge on any atom is 0.334 e. The molecule has 0 amide bonds. The molecule has 98 valence electrons. The van der Waals surface area contributed by atoms with Gasteiger partial charge in [0.2, 0.25) is 5.78 Å². The number of ketones is 1. The number of benzene rings is 2. The molecule has 0 fully saturated rings. The van der Waals surface area contributed by atoms with Crippen LogP contribution in [0.15, 0.2) is 48.5 Å². The van der Waals surface area contributed by atoms with Gasteiger partial charge in [-0.2, -0.15) is 8.78 Å². The lowest BCUT2D eigenvalue weighted by molar-refractivity contribution is 0.00742. The Hall–Kier alpha value is -2.03. The lowest BCUT2D eigenvalue weighted by Gasteiger charge is -2.15. The van der Waals surface area contributed by atoms with Gasteiger partial charge in [-0.25, -0.2) is 0 Å². The van der Waals surface area contributed by atoms with Crippen LogP contribution in [0.4, 0.5) is 8.78 Å². The molecule has 0 unspecified atom stereocenters. The van der Waals surface area contributed by atoms with Crippen molar-refractivity contribution in [2.24, 2.45) is 0 Å². The SMILES string of the molecule is Cc1ccc(C(=O)C(F)(F)c2ccc(C)cc2)cc1. The van der Waals surface area contributed by atoms with Crippen LogP contribution >= 0.6 is 0 Å². The van der Waals surface area contributed by atoms with Crippen LogP contribution in [-0.4, -0.2) is 5.78 Å². The summed E-state index contributed by atoms with van der Waals surface area (Å²) in [4.78, 5) is 11.9. The number of alkyl halides is 2. The molecule has 0 spiro atoms. The van der Waals surface area contributed by atoms with Crippen molar-refractivity contribution < 1.29 is 13.6 Å². The lowest BCUT2D eigenvalue weighted by atomic mass is 9.97. The van der Waals surface area contributed by atoms with Crippen LogP contribution in [-0.2, 0) is 5.92 Å². The van der Waals surface area contributed by atoms with E-state index in [1.165, 1.54) is 24.3 Å². The normalized spacial score (nSPS) is 11.4. The first-order valence-corrected chi connectivity index (χ1v) is 5.97. The van der Waals surface area contributed by atoms with Crippen molar-refractivity contribution in [3.8, 4) is 0 Å². The summed E-state index contributed by atoms with van der Waals surface area (Å²) in [5, 5.41) is 0. The van der Waals surface area contributed by atoms with Crippen LogP contribution in [0.25, 0.3) is 0 Å². The van der Waals surface area contributed by atoms with Gasteiger partial charge < -0.3 is 0 Å². The second kappa shape index (κ2) is 4.92. The molecule has 0 aliphatic carbocycles. The Bertz CT molecular complexity index is 583. The summed E-state index contributed by atoms with van der Waals surface area (Å²) in [7, 11) is 0. The van der Waals surface area contributed by atoms with Crippen molar-refractivity contribution in [1.82, 2.24) is 0 Å². The summed E-state index contributed by atoms with van der Waals surface area (Å²) < 4.78 is 28.2. The van der Waals surface area contributed by atoms with Gasteiger partial charge in [0.15, 0.2) is 0 Å². The van der Waals surface area contributed by atoms with E-state index in [1.807, 2.05) is 13.8 Å². The second-order valence-corrected chi connectivity index (χ2v) is 4.64. The average molecular weight is 260 g/mol. The van der Waals surface area contributed by atoms with E-state index in [4.69, 9.17) is 0 Å². The standard InChI is InChI=1S/C16H14F2O/c1-11-3-7-13(8-4-11)15(19)16(17,18)14-9-5-12(2)6-10-14/h3-10H,1-2H3. The average Bonchev–Trinajstić information content (AvgIpc) is 2.39. The number of hydrogen-bond acceptors (Lipinski definition) is 1. The zero-order valence-electron chi connectivity index (χ0n) is 10.8. The van der Waals surface area contributed by atoms with Gasteiger partial charge in [0.1, 0.15) is 0 Å². The van der Waals surface area contributed by atoms with Crippen molar-refractivity contribution in [3.05, 3.63) is 70.8 Å². The van der Waals surface area contributed by atoms with Crippen LogP contribution in [0, 0.1) is 13.8 Å². The molecule has 0 radical (unpaired) electrons. The molecule has 2 aromatic rings. The van der Waals surface area contributed by atoms with Gasteiger partial charge >= 0.3 is 5.92 Å². The number of aryl methyl sites for hydroxylation is 2. The Kier molecular flexibility index (Phi) is 3.47. The highest BCUT2D eigenvalue weighted by atomic mass is 19.3. The van der Waals surface area contributed by atoms with E-state index in [0.29, 0.717) is 0 Å². The smallest absolute Gasteiger partial charge is 0.287 e. The first-order chi connectivity index (χ1) is 8.91. The van der Waals surface area contributed by atoms with Gasteiger partial charge in [-0.15, -0.1) is 0 Å². The maximum absolute atomic E-state index is 14.1. The van der Waals surface area contributed by atoms with E-state index in [9.17, 15) is 13.6 Å². The minimum absolute atomic E-state index is 0.0242. The number of hydrogen-bond donors (Lipinski definition) is 0. The molecular weight excluding hydrogens is 246 g/mol. The molecule has 2 rings (SSSR count). The van der Waals surface area contributed by atoms with E-state index in [1.54, 1.807) is 24.3 Å². The Morgan fingerprint density at radius 1 is 0.842 bits per heavy atom. The predicted molar refractivity (Wildman–Crippen MR) is 70.6 cm³/mol. The highest BCUT2D eigenvalue weighted by Gasteiger charge is 2.41. The molecule has 0 aromatic heterocycles. The lowest BCUT2D eigenvalue weighted by Crippen LogP contribution is -2.26. The zero-order valence-corrected chi connectivity index (χ0v) is 10.8. The molecule has 3 heteroatoms. The van der Waals surface area contributed by atoms with E-state index < -0.39 is 11.7 Å². The van der Waals surface area contributed by atoms with Crippen molar-refractivity contribution in [3.63, 3.8) is 0 Å². The molecular formula is C16H14F2O. The van der Waals surface area contributed by atoms with Gasteiger partial charge in [-0.1, -0.05) is 59.7 Å². The fraction of sp³-hybridized carbons (Fsp3) is 0.188. The number of halogens is 2. The molecule has 1 nitrogen and oxygen atoms in total. The van der Waals surface area contributed by atoms with E-state index >= 15 is 0 Å². The van der Waals surface area contributed by atoms with Gasteiger partial charge in [-0.3, -0.25) is 4.79 Å². The number of carbonyl (C=O) groups is 1. The summed E-state index contributed by atoms with van der Waals surface area (Å²) in [5.74, 6) is -4.67. The van der Waals surface area contributed by atoms with Crippen LogP contribution < -0.4 is 0 Å². The van der Waals surface area contributed by atoms with Gasteiger partial charge in [0.05, 0.1) is 0 Å². The van der Waals surface area contributed by atoms with E-state index in [2.05, 4.69) is 0 Å². The summed E-state index contributed by atoms with van der Waals surface area (Å²) in [6, 6.07) is 11.9. The highest BCUT2D eigenvalue weighted by Crippen LogP contribution is 2.32. The molecule has 0 heterocycles. The molecule has 0 bridgehead atoms. The summed E-state index contributed by atoms with van der Waals surface area (Å²) in [5.41, 5.74) is 1.55. The first-order valence-electron chi connectivity index (χ1n) is 5.97. The van der Waals surface area contributed by atoms with Crippen molar-refractivity contribution >= 4 is 5.78 Å². The minimum Gasteiger partial charge on any atom is -0.287 e. The molecule has 0 saturated carbocycles. The summed E-state index contributed by atoms with van der Waals surface area (Å²) in [6.45, 7) is 3.65. The molecule has 2 aromatic carbocycles. The maximum atomic E-state index is 14.1. The molecule has 0 aliphatic rings. The van der Waals surface area contributed by atoms with Gasteiger partial charge in [0, 0.05) is 11.1 Å². The Balaban J connectivity index is 2.35. The number of carbonyl (C=O) groups excluding carboxylic acids is 1. The van der Waals surface area contributed by atoms with Crippen molar-refractivity contribution in [2.45, 2.75) is 19.8 Å².